The van der Waals surface area contributed by atoms with Crippen LogP contribution in [0.5, 0.6) is 0 Å². The molecule has 1 atom stereocenters. The van der Waals surface area contributed by atoms with Gasteiger partial charge in [0.1, 0.15) is 0 Å². The minimum Gasteiger partial charge on any atom is -0.324 e. The van der Waals surface area contributed by atoms with Crippen LogP contribution < -0.4 is 5.73 Å². The van der Waals surface area contributed by atoms with Gasteiger partial charge in [-0.1, -0.05) is 24.3 Å². The number of nitrogens with zero attached hydrogens (tertiary/aromatic N) is 2. The standard InChI is InChI=1S/C12H15N3/c1-9(13)10-3-5-11(6-4-10)12-7-8-15(2)14-12/h3-9H,13H2,1-2H3. The van der Waals surface area contributed by atoms with E-state index in [0.29, 0.717) is 0 Å². The summed E-state index contributed by atoms with van der Waals surface area (Å²) in [5.41, 5.74) is 9.05. The molecule has 78 valence electrons. The molecule has 2 N–H and O–H groups in total. The van der Waals surface area contributed by atoms with Gasteiger partial charge in [0.05, 0.1) is 5.69 Å². The maximum Gasteiger partial charge on any atom is 0.0923 e. The van der Waals surface area contributed by atoms with Gasteiger partial charge < -0.3 is 5.73 Å². The number of aromatic nitrogens is 2. The van der Waals surface area contributed by atoms with Gasteiger partial charge in [-0.25, -0.2) is 0 Å². The fourth-order valence-electron chi connectivity index (χ4n) is 1.53. The molecule has 1 heterocycles. The van der Waals surface area contributed by atoms with Crippen molar-refractivity contribution in [3.8, 4) is 11.3 Å². The summed E-state index contributed by atoms with van der Waals surface area (Å²) >= 11 is 0. The molecule has 1 aromatic heterocycles. The molecule has 0 aliphatic rings. The third kappa shape index (κ3) is 2.07. The minimum atomic E-state index is 0.0859. The molecular weight excluding hydrogens is 186 g/mol. The Morgan fingerprint density at radius 2 is 1.87 bits per heavy atom. The van der Waals surface area contributed by atoms with Crippen LogP contribution in [-0.4, -0.2) is 9.78 Å². The fraction of sp³-hybridized carbons (Fsp3) is 0.250. The summed E-state index contributed by atoms with van der Waals surface area (Å²) in [7, 11) is 1.92. The summed E-state index contributed by atoms with van der Waals surface area (Å²) in [6, 6.07) is 10.3. The molecule has 0 radical (unpaired) electrons. The predicted molar refractivity (Wildman–Crippen MR) is 61.2 cm³/mol. The molecule has 0 saturated heterocycles. The van der Waals surface area contributed by atoms with E-state index >= 15 is 0 Å². The number of nitrogens with two attached hydrogens (primary N) is 1. The molecule has 2 aromatic rings. The van der Waals surface area contributed by atoms with Gasteiger partial charge in [0, 0.05) is 24.8 Å². The molecule has 15 heavy (non-hydrogen) atoms. The number of hydrogen-bond acceptors (Lipinski definition) is 2. The highest BCUT2D eigenvalue weighted by Crippen LogP contribution is 2.19. The number of hydrogen-bond donors (Lipinski definition) is 1. The van der Waals surface area contributed by atoms with E-state index in [1.165, 1.54) is 0 Å². The van der Waals surface area contributed by atoms with Crippen LogP contribution in [0.1, 0.15) is 18.5 Å². The van der Waals surface area contributed by atoms with Crippen molar-refractivity contribution in [2.75, 3.05) is 0 Å². The van der Waals surface area contributed by atoms with Crippen LogP contribution >= 0.6 is 0 Å². The van der Waals surface area contributed by atoms with Gasteiger partial charge in [0.2, 0.25) is 0 Å². The van der Waals surface area contributed by atoms with Crippen LogP contribution in [0.3, 0.4) is 0 Å². The molecule has 1 aromatic carbocycles. The Balaban J connectivity index is 2.31. The molecule has 0 amide bonds. The third-order valence-electron chi connectivity index (χ3n) is 2.45. The Kier molecular flexibility index (Phi) is 2.56. The average Bonchev–Trinajstić information content (AvgIpc) is 2.65. The SMILES string of the molecule is CC(N)c1ccc(-c2ccn(C)n2)cc1. The van der Waals surface area contributed by atoms with E-state index in [0.717, 1.165) is 16.8 Å². The first-order valence-electron chi connectivity index (χ1n) is 5.02. The van der Waals surface area contributed by atoms with E-state index in [2.05, 4.69) is 29.4 Å². The van der Waals surface area contributed by atoms with Gasteiger partial charge in [0.25, 0.3) is 0 Å². The number of aryl methyl sites for hydroxylation is 1. The second-order valence-corrected chi connectivity index (χ2v) is 3.79. The van der Waals surface area contributed by atoms with Gasteiger partial charge in [-0.2, -0.15) is 5.10 Å². The quantitative estimate of drug-likeness (QED) is 0.808. The van der Waals surface area contributed by atoms with Crippen molar-refractivity contribution in [3.05, 3.63) is 42.1 Å². The lowest BCUT2D eigenvalue weighted by Gasteiger charge is -2.05. The van der Waals surface area contributed by atoms with E-state index in [9.17, 15) is 0 Å². The summed E-state index contributed by atoms with van der Waals surface area (Å²) in [4.78, 5) is 0. The molecule has 0 aliphatic carbocycles. The number of rotatable bonds is 2. The summed E-state index contributed by atoms with van der Waals surface area (Å²) in [6.45, 7) is 1.98. The topological polar surface area (TPSA) is 43.8 Å². The molecule has 3 heteroatoms. The van der Waals surface area contributed by atoms with Gasteiger partial charge in [-0.15, -0.1) is 0 Å². The highest BCUT2D eigenvalue weighted by Gasteiger charge is 2.02. The van der Waals surface area contributed by atoms with E-state index in [1.54, 1.807) is 4.68 Å². The molecule has 1 unspecified atom stereocenters. The highest BCUT2D eigenvalue weighted by molar-refractivity contribution is 5.58. The monoisotopic (exact) mass is 201 g/mol. The molecule has 0 saturated carbocycles. The van der Waals surface area contributed by atoms with Crippen LogP contribution in [-0.2, 0) is 7.05 Å². The Morgan fingerprint density at radius 3 is 2.33 bits per heavy atom. The average molecular weight is 201 g/mol. The van der Waals surface area contributed by atoms with Gasteiger partial charge in [-0.3, -0.25) is 4.68 Å². The minimum absolute atomic E-state index is 0.0859. The first-order chi connectivity index (χ1) is 7.16. The normalized spacial score (nSPS) is 12.7. The second-order valence-electron chi connectivity index (χ2n) is 3.79. The fourth-order valence-corrected chi connectivity index (χ4v) is 1.53. The van der Waals surface area contributed by atoms with E-state index in [-0.39, 0.29) is 6.04 Å². The van der Waals surface area contributed by atoms with Crippen LogP contribution in [0.2, 0.25) is 0 Å². The second kappa shape index (κ2) is 3.87. The lowest BCUT2D eigenvalue weighted by atomic mass is 10.1. The first-order valence-corrected chi connectivity index (χ1v) is 5.02. The van der Waals surface area contributed by atoms with Crippen molar-refractivity contribution in [1.82, 2.24) is 9.78 Å². The van der Waals surface area contributed by atoms with E-state index < -0.39 is 0 Å². The van der Waals surface area contributed by atoms with Crippen LogP contribution in [0.25, 0.3) is 11.3 Å². The van der Waals surface area contributed by atoms with Gasteiger partial charge in [0.15, 0.2) is 0 Å². The molecular formula is C12H15N3. The first kappa shape index (κ1) is 9.93. The molecule has 2 rings (SSSR count). The molecule has 3 nitrogen and oxygen atoms in total. The molecule has 0 fully saturated rings. The Labute approximate surface area is 89.5 Å². The molecule has 0 spiro atoms. The smallest absolute Gasteiger partial charge is 0.0923 e. The zero-order chi connectivity index (χ0) is 10.8. The predicted octanol–water partition coefficient (Wildman–Crippen LogP) is 2.11. The van der Waals surface area contributed by atoms with Gasteiger partial charge >= 0.3 is 0 Å². The zero-order valence-electron chi connectivity index (χ0n) is 9.01. The lowest BCUT2D eigenvalue weighted by molar-refractivity contribution is 0.771. The van der Waals surface area contributed by atoms with Crippen molar-refractivity contribution in [1.29, 1.82) is 0 Å². The Bertz CT molecular complexity index is 440. The summed E-state index contributed by atoms with van der Waals surface area (Å²) in [6.07, 6.45) is 1.94. The maximum absolute atomic E-state index is 5.79. The van der Waals surface area contributed by atoms with Crippen LogP contribution in [0, 0.1) is 0 Å². The number of benzene rings is 1. The summed E-state index contributed by atoms with van der Waals surface area (Å²) < 4.78 is 1.80. The lowest BCUT2D eigenvalue weighted by Crippen LogP contribution is -2.04. The van der Waals surface area contributed by atoms with Crippen LogP contribution in [0.15, 0.2) is 36.5 Å². The Hall–Kier alpha value is -1.61. The summed E-state index contributed by atoms with van der Waals surface area (Å²) in [5, 5.41) is 4.34. The van der Waals surface area contributed by atoms with Crippen molar-refractivity contribution >= 4 is 0 Å². The van der Waals surface area contributed by atoms with Gasteiger partial charge in [-0.05, 0) is 18.6 Å². The highest BCUT2D eigenvalue weighted by atomic mass is 15.2. The van der Waals surface area contributed by atoms with E-state index in [4.69, 9.17) is 5.73 Å². The maximum atomic E-state index is 5.79. The largest absolute Gasteiger partial charge is 0.324 e. The van der Waals surface area contributed by atoms with Crippen molar-refractivity contribution in [2.45, 2.75) is 13.0 Å². The van der Waals surface area contributed by atoms with E-state index in [1.807, 2.05) is 26.2 Å². The summed E-state index contributed by atoms with van der Waals surface area (Å²) in [5.74, 6) is 0. The third-order valence-corrected chi connectivity index (χ3v) is 2.45. The molecule has 0 bridgehead atoms. The van der Waals surface area contributed by atoms with Crippen molar-refractivity contribution < 1.29 is 0 Å². The molecule has 0 aliphatic heterocycles. The van der Waals surface area contributed by atoms with Crippen molar-refractivity contribution in [3.63, 3.8) is 0 Å². The Morgan fingerprint density at radius 1 is 1.20 bits per heavy atom. The zero-order valence-corrected chi connectivity index (χ0v) is 9.01. The van der Waals surface area contributed by atoms with Crippen LogP contribution in [0.4, 0.5) is 0 Å². The van der Waals surface area contributed by atoms with Crippen molar-refractivity contribution in [2.24, 2.45) is 12.8 Å².